The monoisotopic (exact) mass is 305 g/mol. The third kappa shape index (κ3) is 4.23. The minimum atomic E-state index is -0.950. The molecule has 0 saturated carbocycles. The second-order valence-corrected chi connectivity index (χ2v) is 5.92. The lowest BCUT2D eigenvalue weighted by Crippen LogP contribution is -2.31. The Labute approximate surface area is 130 Å². The number of carbonyl (C=O) groups excluding carboxylic acids is 1. The summed E-state index contributed by atoms with van der Waals surface area (Å²) in [4.78, 5) is 24.8. The summed E-state index contributed by atoms with van der Waals surface area (Å²) in [6.45, 7) is 5.52. The van der Waals surface area contributed by atoms with Crippen molar-refractivity contribution >= 4 is 11.9 Å². The van der Waals surface area contributed by atoms with E-state index in [9.17, 15) is 9.59 Å². The van der Waals surface area contributed by atoms with Gasteiger partial charge in [0, 0.05) is 19.4 Å². The van der Waals surface area contributed by atoms with E-state index in [1.165, 1.54) is 12.1 Å². The first-order valence-electron chi connectivity index (χ1n) is 7.77. The van der Waals surface area contributed by atoms with Gasteiger partial charge in [0.05, 0.1) is 12.1 Å². The fraction of sp³-hybridized carbons (Fsp3) is 0.529. The Morgan fingerprint density at radius 3 is 2.64 bits per heavy atom. The minimum absolute atomic E-state index is 0.0171. The van der Waals surface area contributed by atoms with Crippen molar-refractivity contribution in [2.24, 2.45) is 5.92 Å². The van der Waals surface area contributed by atoms with Crippen molar-refractivity contribution in [3.8, 4) is 5.75 Å². The highest BCUT2D eigenvalue weighted by atomic mass is 16.5. The molecule has 1 N–H and O–H groups in total. The first-order chi connectivity index (χ1) is 10.5. The predicted molar refractivity (Wildman–Crippen MR) is 83.1 cm³/mol. The van der Waals surface area contributed by atoms with Gasteiger partial charge in [-0.3, -0.25) is 4.79 Å². The largest absolute Gasteiger partial charge is 0.489 e. The molecule has 1 unspecified atom stereocenters. The third-order valence-corrected chi connectivity index (χ3v) is 4.12. The van der Waals surface area contributed by atoms with Gasteiger partial charge in [-0.1, -0.05) is 20.3 Å². The van der Waals surface area contributed by atoms with Crippen LogP contribution in [0.3, 0.4) is 0 Å². The van der Waals surface area contributed by atoms with Gasteiger partial charge in [0.25, 0.3) is 0 Å². The number of nitrogens with zero attached hydrogens (tertiary/aromatic N) is 1. The van der Waals surface area contributed by atoms with E-state index in [-0.39, 0.29) is 17.6 Å². The highest BCUT2D eigenvalue weighted by molar-refractivity contribution is 5.87. The van der Waals surface area contributed by atoms with E-state index in [2.05, 4.69) is 13.8 Å². The number of hydrogen-bond acceptors (Lipinski definition) is 3. The molecule has 5 nitrogen and oxygen atoms in total. The Morgan fingerprint density at radius 2 is 2.05 bits per heavy atom. The van der Waals surface area contributed by atoms with Crippen molar-refractivity contribution in [1.29, 1.82) is 0 Å². The molecule has 1 aliphatic rings. The van der Waals surface area contributed by atoms with Crippen molar-refractivity contribution in [2.45, 2.75) is 39.2 Å². The van der Waals surface area contributed by atoms with E-state index < -0.39 is 5.97 Å². The van der Waals surface area contributed by atoms with Crippen LogP contribution in [0.25, 0.3) is 0 Å². The topological polar surface area (TPSA) is 66.8 Å². The SMILES string of the molecule is CCC(C)CC(=O)N1CC[C@@H](Oc2ccc(C(=O)O)cc2)C1. The van der Waals surface area contributed by atoms with E-state index in [4.69, 9.17) is 9.84 Å². The van der Waals surface area contributed by atoms with Crippen LogP contribution in [0.2, 0.25) is 0 Å². The summed E-state index contributed by atoms with van der Waals surface area (Å²) in [7, 11) is 0. The van der Waals surface area contributed by atoms with Crippen LogP contribution in [0.1, 0.15) is 43.5 Å². The highest BCUT2D eigenvalue weighted by Crippen LogP contribution is 2.20. The van der Waals surface area contributed by atoms with E-state index in [0.717, 1.165) is 19.4 Å². The number of benzene rings is 1. The summed E-state index contributed by atoms with van der Waals surface area (Å²) >= 11 is 0. The Balaban J connectivity index is 1.85. The van der Waals surface area contributed by atoms with E-state index in [1.54, 1.807) is 12.1 Å². The molecular weight excluding hydrogens is 282 g/mol. The van der Waals surface area contributed by atoms with Crippen molar-refractivity contribution in [1.82, 2.24) is 4.90 Å². The molecule has 1 aromatic carbocycles. The van der Waals surface area contributed by atoms with Crippen molar-refractivity contribution in [3.05, 3.63) is 29.8 Å². The van der Waals surface area contributed by atoms with Crippen molar-refractivity contribution < 1.29 is 19.4 Å². The number of carbonyl (C=O) groups is 2. The quantitative estimate of drug-likeness (QED) is 0.877. The Kier molecular flexibility index (Phi) is 5.41. The Bertz CT molecular complexity index is 526. The van der Waals surface area contributed by atoms with Crippen molar-refractivity contribution in [2.75, 3.05) is 13.1 Å². The van der Waals surface area contributed by atoms with E-state index >= 15 is 0 Å². The number of rotatable bonds is 6. The average Bonchev–Trinajstić information content (AvgIpc) is 2.96. The fourth-order valence-electron chi connectivity index (χ4n) is 2.49. The molecule has 0 aliphatic carbocycles. The van der Waals surface area contributed by atoms with Crippen LogP contribution < -0.4 is 4.74 Å². The molecule has 1 saturated heterocycles. The maximum absolute atomic E-state index is 12.1. The second-order valence-electron chi connectivity index (χ2n) is 5.92. The van der Waals surface area contributed by atoms with Crippen LogP contribution in [-0.4, -0.2) is 41.1 Å². The number of ether oxygens (including phenoxy) is 1. The number of aromatic carboxylic acids is 1. The van der Waals surface area contributed by atoms with Crippen LogP contribution in [0.15, 0.2) is 24.3 Å². The third-order valence-electron chi connectivity index (χ3n) is 4.12. The van der Waals surface area contributed by atoms with Crippen LogP contribution >= 0.6 is 0 Å². The average molecular weight is 305 g/mol. The van der Waals surface area contributed by atoms with Gasteiger partial charge < -0.3 is 14.7 Å². The lowest BCUT2D eigenvalue weighted by Gasteiger charge is -2.19. The normalized spacial score (nSPS) is 19.0. The first-order valence-corrected chi connectivity index (χ1v) is 7.77. The van der Waals surface area contributed by atoms with E-state index in [1.807, 2.05) is 4.90 Å². The molecule has 1 aliphatic heterocycles. The second kappa shape index (κ2) is 7.29. The molecule has 1 fully saturated rings. The molecule has 1 heterocycles. The van der Waals surface area contributed by atoms with Gasteiger partial charge in [-0.2, -0.15) is 0 Å². The van der Waals surface area contributed by atoms with E-state index in [0.29, 0.717) is 24.6 Å². The number of amides is 1. The number of carboxylic acid groups (broad SMARTS) is 1. The van der Waals surface area contributed by atoms with Crippen LogP contribution in [0.5, 0.6) is 5.75 Å². The fourth-order valence-corrected chi connectivity index (χ4v) is 2.49. The van der Waals surface area contributed by atoms with Crippen LogP contribution in [0.4, 0.5) is 0 Å². The molecule has 0 spiro atoms. The first kappa shape index (κ1) is 16.3. The maximum Gasteiger partial charge on any atom is 0.335 e. The minimum Gasteiger partial charge on any atom is -0.489 e. The van der Waals surface area contributed by atoms with Gasteiger partial charge in [0.1, 0.15) is 11.9 Å². The van der Waals surface area contributed by atoms with Crippen molar-refractivity contribution in [3.63, 3.8) is 0 Å². The molecule has 5 heteroatoms. The summed E-state index contributed by atoms with van der Waals surface area (Å²) in [5.41, 5.74) is 0.240. The summed E-state index contributed by atoms with van der Waals surface area (Å²) in [5, 5.41) is 8.86. The van der Waals surface area contributed by atoms with Gasteiger partial charge in [-0.05, 0) is 30.2 Å². The molecule has 2 atom stereocenters. The smallest absolute Gasteiger partial charge is 0.335 e. The lowest BCUT2D eigenvalue weighted by atomic mass is 10.0. The van der Waals surface area contributed by atoms with Gasteiger partial charge in [0.2, 0.25) is 5.91 Å². The molecule has 0 radical (unpaired) electrons. The zero-order chi connectivity index (χ0) is 16.1. The summed E-state index contributed by atoms with van der Waals surface area (Å²) in [6.07, 6.45) is 2.40. The maximum atomic E-state index is 12.1. The summed E-state index contributed by atoms with van der Waals surface area (Å²) in [5.74, 6) is 0.304. The van der Waals surface area contributed by atoms with Gasteiger partial charge >= 0.3 is 5.97 Å². The van der Waals surface area contributed by atoms with Gasteiger partial charge in [0.15, 0.2) is 0 Å². The standard InChI is InChI=1S/C17H23NO4/c1-3-12(2)10-16(19)18-9-8-15(11-18)22-14-6-4-13(5-7-14)17(20)21/h4-7,12,15H,3,8-11H2,1-2H3,(H,20,21)/t12?,15-/m1/s1. The van der Waals surface area contributed by atoms with Crippen LogP contribution in [0, 0.1) is 5.92 Å². The Morgan fingerprint density at radius 1 is 1.36 bits per heavy atom. The molecular formula is C17H23NO4. The Hall–Kier alpha value is -2.04. The molecule has 120 valence electrons. The van der Waals surface area contributed by atoms with Gasteiger partial charge in [-0.15, -0.1) is 0 Å². The molecule has 0 aromatic heterocycles. The molecule has 22 heavy (non-hydrogen) atoms. The summed E-state index contributed by atoms with van der Waals surface area (Å²) < 4.78 is 5.83. The molecule has 1 amide bonds. The number of hydrogen-bond donors (Lipinski definition) is 1. The zero-order valence-electron chi connectivity index (χ0n) is 13.1. The van der Waals surface area contributed by atoms with Crippen LogP contribution in [-0.2, 0) is 4.79 Å². The van der Waals surface area contributed by atoms with Gasteiger partial charge in [-0.25, -0.2) is 4.79 Å². The summed E-state index contributed by atoms with van der Waals surface area (Å²) in [6, 6.07) is 6.37. The lowest BCUT2D eigenvalue weighted by molar-refractivity contribution is -0.131. The zero-order valence-corrected chi connectivity index (χ0v) is 13.1. The highest BCUT2D eigenvalue weighted by Gasteiger charge is 2.28. The molecule has 1 aromatic rings. The molecule has 0 bridgehead atoms. The number of carboxylic acids is 1. The number of likely N-dealkylation sites (tertiary alicyclic amines) is 1. The predicted octanol–water partition coefficient (Wildman–Crippen LogP) is 2.80. The molecule has 2 rings (SSSR count).